The van der Waals surface area contributed by atoms with Gasteiger partial charge >= 0.3 is 12.5 Å². The average molecular weight is 516 g/mol. The summed E-state index contributed by atoms with van der Waals surface area (Å²) < 4.78 is 86.4. The van der Waals surface area contributed by atoms with Crippen molar-refractivity contribution in [3.8, 4) is 5.75 Å². The number of aromatic nitrogens is 3. The summed E-state index contributed by atoms with van der Waals surface area (Å²) in [6.07, 6.45) is -8.59. The van der Waals surface area contributed by atoms with Crippen LogP contribution in [-0.4, -0.2) is 27.0 Å². The molecule has 0 atom stereocenters. The first-order valence-electron chi connectivity index (χ1n) is 9.68. The zero-order valence-corrected chi connectivity index (χ0v) is 18.4. The van der Waals surface area contributed by atoms with Gasteiger partial charge in [-0.25, -0.2) is 4.98 Å². The Hall–Kier alpha value is -3.68. The van der Waals surface area contributed by atoms with Crippen LogP contribution in [0.15, 0.2) is 58.3 Å². The van der Waals surface area contributed by atoms with Crippen LogP contribution in [0.1, 0.15) is 21.6 Å². The standard InChI is InChI=1S/C21H14F6N4O3S/c1-31-9-14(17(30-31)20(22,23)24)18(32)28-12-4-7-16-15(8-12)29-19(33-16)35-10-11-2-5-13(6-3-11)34-21(25,26)27/h2-9H,10H2,1H3,(H,28,32). The number of thioether (sulfide) groups is 1. The monoisotopic (exact) mass is 516 g/mol. The van der Waals surface area contributed by atoms with Gasteiger partial charge in [-0.15, -0.1) is 13.2 Å². The van der Waals surface area contributed by atoms with Gasteiger partial charge in [0.05, 0.1) is 5.56 Å². The number of hydrogen-bond acceptors (Lipinski definition) is 6. The molecule has 0 aliphatic carbocycles. The Kier molecular flexibility index (Phi) is 6.40. The number of anilines is 1. The maximum Gasteiger partial charge on any atom is 0.573 e. The van der Waals surface area contributed by atoms with Crippen LogP contribution in [0.5, 0.6) is 5.75 Å². The quantitative estimate of drug-likeness (QED) is 0.249. The Morgan fingerprint density at radius 1 is 1.11 bits per heavy atom. The number of fused-ring (bicyclic) bond motifs is 1. The molecular weight excluding hydrogens is 502 g/mol. The molecule has 7 nitrogen and oxygen atoms in total. The first-order valence-corrected chi connectivity index (χ1v) is 10.7. The number of nitrogens with zero attached hydrogens (tertiary/aromatic N) is 3. The number of hydrogen-bond donors (Lipinski definition) is 1. The lowest BCUT2D eigenvalue weighted by Crippen LogP contribution is -2.17. The normalized spacial score (nSPS) is 12.2. The minimum atomic E-state index is -4.79. The fourth-order valence-electron chi connectivity index (χ4n) is 3.04. The third-order valence-electron chi connectivity index (χ3n) is 4.49. The molecule has 1 amide bonds. The zero-order valence-electron chi connectivity index (χ0n) is 17.6. The van der Waals surface area contributed by atoms with Crippen LogP contribution < -0.4 is 10.1 Å². The number of amides is 1. The average Bonchev–Trinajstić information content (AvgIpc) is 3.35. The lowest BCUT2D eigenvalue weighted by molar-refractivity contribution is -0.274. The van der Waals surface area contributed by atoms with Crippen molar-refractivity contribution in [1.29, 1.82) is 0 Å². The van der Waals surface area contributed by atoms with Crippen molar-refractivity contribution in [2.24, 2.45) is 7.05 Å². The van der Waals surface area contributed by atoms with E-state index >= 15 is 0 Å². The molecule has 0 unspecified atom stereocenters. The van der Waals surface area contributed by atoms with E-state index in [0.717, 1.165) is 10.9 Å². The molecule has 0 radical (unpaired) electrons. The van der Waals surface area contributed by atoms with Gasteiger partial charge in [-0.3, -0.25) is 9.48 Å². The van der Waals surface area contributed by atoms with Crippen molar-refractivity contribution in [3.05, 3.63) is 65.5 Å². The lowest BCUT2D eigenvalue weighted by Gasteiger charge is -2.08. The highest BCUT2D eigenvalue weighted by atomic mass is 32.2. The summed E-state index contributed by atoms with van der Waals surface area (Å²) in [4.78, 5) is 16.7. The van der Waals surface area contributed by atoms with Crippen molar-refractivity contribution < 1.29 is 40.3 Å². The van der Waals surface area contributed by atoms with Gasteiger partial charge in [0.25, 0.3) is 11.1 Å². The molecule has 0 aliphatic heterocycles. The smallest absolute Gasteiger partial charge is 0.431 e. The third-order valence-corrected chi connectivity index (χ3v) is 5.39. The Labute approximate surface area is 197 Å². The Morgan fingerprint density at radius 3 is 2.49 bits per heavy atom. The first-order chi connectivity index (χ1) is 16.4. The van der Waals surface area contributed by atoms with Gasteiger partial charge in [-0.2, -0.15) is 18.3 Å². The number of benzene rings is 2. The molecule has 2 aromatic heterocycles. The summed E-state index contributed by atoms with van der Waals surface area (Å²) in [5, 5.41) is 5.95. The molecule has 184 valence electrons. The first kappa shape index (κ1) is 24.4. The molecule has 0 saturated heterocycles. The number of aryl methyl sites for hydroxylation is 1. The van der Waals surface area contributed by atoms with Crippen molar-refractivity contribution >= 4 is 34.5 Å². The summed E-state index contributed by atoms with van der Waals surface area (Å²) in [6.45, 7) is 0. The fraction of sp³-hybridized carbons (Fsp3) is 0.190. The SMILES string of the molecule is Cn1cc(C(=O)Nc2ccc3oc(SCc4ccc(OC(F)(F)F)cc4)nc3c2)c(C(F)(F)F)n1. The molecule has 35 heavy (non-hydrogen) atoms. The van der Waals surface area contributed by atoms with Gasteiger partial charge in [-0.05, 0) is 35.9 Å². The van der Waals surface area contributed by atoms with Crippen LogP contribution in [0, 0.1) is 0 Å². The van der Waals surface area contributed by atoms with E-state index in [1.54, 1.807) is 0 Å². The van der Waals surface area contributed by atoms with E-state index in [9.17, 15) is 31.1 Å². The highest BCUT2D eigenvalue weighted by Gasteiger charge is 2.39. The van der Waals surface area contributed by atoms with Crippen LogP contribution in [0.3, 0.4) is 0 Å². The maximum absolute atomic E-state index is 13.1. The molecule has 2 heterocycles. The van der Waals surface area contributed by atoms with Gasteiger partial charge in [0, 0.05) is 24.7 Å². The molecule has 0 aliphatic rings. The molecule has 0 bridgehead atoms. The predicted octanol–water partition coefficient (Wildman–Crippen LogP) is 6.02. The van der Waals surface area contributed by atoms with Gasteiger partial charge < -0.3 is 14.5 Å². The minimum absolute atomic E-state index is 0.199. The van der Waals surface area contributed by atoms with E-state index in [4.69, 9.17) is 4.42 Å². The number of rotatable bonds is 6. The molecule has 4 rings (SSSR count). The second kappa shape index (κ2) is 9.17. The number of alkyl halides is 6. The molecule has 0 saturated carbocycles. The largest absolute Gasteiger partial charge is 0.573 e. The third kappa shape index (κ3) is 6.07. The number of nitrogens with one attached hydrogen (secondary N) is 1. The molecule has 2 aromatic carbocycles. The van der Waals surface area contributed by atoms with Crippen LogP contribution in [0.4, 0.5) is 32.0 Å². The fourth-order valence-corrected chi connectivity index (χ4v) is 3.83. The van der Waals surface area contributed by atoms with Gasteiger partial charge in [0.2, 0.25) is 0 Å². The summed E-state index contributed by atoms with van der Waals surface area (Å²) in [5.74, 6) is -0.985. The van der Waals surface area contributed by atoms with Gasteiger partial charge in [0.1, 0.15) is 11.3 Å². The highest BCUT2D eigenvalue weighted by molar-refractivity contribution is 7.98. The maximum atomic E-state index is 13.1. The Morgan fingerprint density at radius 2 is 1.83 bits per heavy atom. The van der Waals surface area contributed by atoms with Gasteiger partial charge in [0.15, 0.2) is 11.3 Å². The second-order valence-corrected chi connectivity index (χ2v) is 8.09. The lowest BCUT2D eigenvalue weighted by atomic mass is 10.2. The van der Waals surface area contributed by atoms with Crippen molar-refractivity contribution in [1.82, 2.24) is 14.8 Å². The number of oxazole rings is 1. The Balaban J connectivity index is 1.43. The number of carbonyl (C=O) groups is 1. The predicted molar refractivity (Wildman–Crippen MR) is 113 cm³/mol. The molecule has 4 aromatic rings. The van der Waals surface area contributed by atoms with Crippen LogP contribution in [-0.2, 0) is 19.0 Å². The van der Waals surface area contributed by atoms with E-state index in [1.807, 2.05) is 0 Å². The summed E-state index contributed by atoms with van der Waals surface area (Å²) >= 11 is 1.18. The second-order valence-electron chi connectivity index (χ2n) is 7.16. The van der Waals surface area contributed by atoms with Crippen LogP contribution in [0.25, 0.3) is 11.1 Å². The zero-order chi connectivity index (χ0) is 25.4. The topological polar surface area (TPSA) is 82.2 Å². The molecule has 14 heteroatoms. The summed E-state index contributed by atoms with van der Waals surface area (Å²) in [5.41, 5.74) is -0.306. The molecule has 0 spiro atoms. The Bertz CT molecular complexity index is 1360. The molecule has 1 N–H and O–H groups in total. The summed E-state index contributed by atoms with van der Waals surface area (Å²) in [7, 11) is 1.28. The van der Waals surface area contributed by atoms with Crippen molar-refractivity contribution in [2.75, 3.05) is 5.32 Å². The number of ether oxygens (including phenoxy) is 1. The van der Waals surface area contributed by atoms with Crippen LogP contribution >= 0.6 is 11.8 Å². The minimum Gasteiger partial charge on any atom is -0.431 e. The van der Waals surface area contributed by atoms with E-state index < -0.39 is 29.7 Å². The molecular formula is C21H14F6N4O3S. The summed E-state index contributed by atoms with van der Waals surface area (Å²) in [6, 6.07) is 9.71. The number of halogens is 6. The van der Waals surface area contributed by atoms with Crippen molar-refractivity contribution in [3.63, 3.8) is 0 Å². The highest BCUT2D eigenvalue weighted by Crippen LogP contribution is 2.32. The van der Waals surface area contributed by atoms with E-state index in [2.05, 4.69) is 20.1 Å². The number of carbonyl (C=O) groups excluding carboxylic acids is 1. The van der Waals surface area contributed by atoms with Gasteiger partial charge in [-0.1, -0.05) is 23.9 Å². The van der Waals surface area contributed by atoms with Crippen molar-refractivity contribution in [2.45, 2.75) is 23.5 Å². The van der Waals surface area contributed by atoms with E-state index in [0.29, 0.717) is 22.4 Å². The van der Waals surface area contributed by atoms with E-state index in [-0.39, 0.29) is 16.7 Å². The van der Waals surface area contributed by atoms with Crippen LogP contribution in [0.2, 0.25) is 0 Å². The molecule has 0 fully saturated rings. The van der Waals surface area contributed by atoms with E-state index in [1.165, 1.54) is 61.3 Å².